The van der Waals surface area contributed by atoms with Gasteiger partial charge < -0.3 is 9.15 Å². The fraction of sp³-hybridized carbons (Fsp3) is 0.0870. The summed E-state index contributed by atoms with van der Waals surface area (Å²) >= 11 is 0. The number of fused-ring (bicyclic) bond motifs is 3. The van der Waals surface area contributed by atoms with Gasteiger partial charge in [-0.05, 0) is 41.5 Å². The Labute approximate surface area is 164 Å². The van der Waals surface area contributed by atoms with Gasteiger partial charge >= 0.3 is 5.97 Å². The molecule has 29 heavy (non-hydrogen) atoms. The molecule has 0 saturated carbocycles. The van der Waals surface area contributed by atoms with Gasteiger partial charge in [-0.3, -0.25) is 14.6 Å². The smallest absolute Gasteiger partial charge is 0.312 e. The Kier molecular flexibility index (Phi) is 3.98. The van der Waals surface area contributed by atoms with Gasteiger partial charge in [0, 0.05) is 23.9 Å². The Morgan fingerprint density at radius 2 is 1.86 bits per heavy atom. The molecule has 0 spiro atoms. The van der Waals surface area contributed by atoms with Crippen LogP contribution in [0.15, 0.2) is 76.4 Å². The number of carbonyl (C=O) groups excluding carboxylic acids is 1. The summed E-state index contributed by atoms with van der Waals surface area (Å²) in [6.45, 7) is 0. The third-order valence-electron chi connectivity index (χ3n) is 5.13. The van der Waals surface area contributed by atoms with E-state index in [0.29, 0.717) is 33.4 Å². The summed E-state index contributed by atoms with van der Waals surface area (Å²) < 4.78 is 24.5. The SMILES string of the molecule is O=C1CC(c2cccnc2)c2c(ccc3c(=O)c(-c4ccc(F)cc4)coc23)O1. The highest BCUT2D eigenvalue weighted by Gasteiger charge is 2.32. The van der Waals surface area contributed by atoms with E-state index in [4.69, 9.17) is 9.15 Å². The zero-order chi connectivity index (χ0) is 20.0. The van der Waals surface area contributed by atoms with Crippen LogP contribution in [0.4, 0.5) is 4.39 Å². The molecule has 6 heteroatoms. The summed E-state index contributed by atoms with van der Waals surface area (Å²) in [4.78, 5) is 29.4. The second-order valence-electron chi connectivity index (χ2n) is 6.86. The first-order valence-electron chi connectivity index (χ1n) is 9.07. The standard InChI is InChI=1S/C23H14FNO4/c24-15-5-3-13(4-6-15)18-12-28-23-16(22(18)27)7-8-19-21(23)17(10-20(26)29-19)14-2-1-9-25-11-14/h1-9,11-12,17H,10H2. The minimum atomic E-state index is -0.380. The molecule has 1 atom stereocenters. The van der Waals surface area contributed by atoms with Crippen LogP contribution in [-0.4, -0.2) is 11.0 Å². The lowest BCUT2D eigenvalue weighted by Crippen LogP contribution is -2.22. The monoisotopic (exact) mass is 387 g/mol. The molecule has 142 valence electrons. The second kappa shape index (κ2) is 6.67. The zero-order valence-corrected chi connectivity index (χ0v) is 15.1. The molecule has 0 amide bonds. The van der Waals surface area contributed by atoms with Crippen molar-refractivity contribution in [2.24, 2.45) is 0 Å². The minimum absolute atomic E-state index is 0.126. The topological polar surface area (TPSA) is 69.4 Å². The van der Waals surface area contributed by atoms with E-state index in [0.717, 1.165) is 5.56 Å². The molecule has 4 aromatic rings. The third kappa shape index (κ3) is 2.89. The maximum absolute atomic E-state index is 13.2. The van der Waals surface area contributed by atoms with Gasteiger partial charge in [0.15, 0.2) is 0 Å². The largest absolute Gasteiger partial charge is 0.463 e. The molecule has 5 nitrogen and oxygen atoms in total. The normalized spacial score (nSPS) is 15.8. The first-order valence-corrected chi connectivity index (χ1v) is 9.07. The average molecular weight is 387 g/mol. The van der Waals surface area contributed by atoms with E-state index >= 15 is 0 Å². The Morgan fingerprint density at radius 3 is 2.62 bits per heavy atom. The number of rotatable bonds is 2. The summed E-state index contributed by atoms with van der Waals surface area (Å²) in [7, 11) is 0. The van der Waals surface area contributed by atoms with Crippen LogP contribution in [0.25, 0.3) is 22.1 Å². The van der Waals surface area contributed by atoms with Crippen molar-refractivity contribution in [1.82, 2.24) is 4.98 Å². The van der Waals surface area contributed by atoms with Crippen LogP contribution in [0.5, 0.6) is 5.75 Å². The Hall–Kier alpha value is -3.80. The number of halogens is 1. The summed E-state index contributed by atoms with van der Waals surface area (Å²) in [5.41, 5.74) is 2.53. The number of aromatic nitrogens is 1. The van der Waals surface area contributed by atoms with E-state index in [1.165, 1.54) is 30.5 Å². The zero-order valence-electron chi connectivity index (χ0n) is 15.1. The summed E-state index contributed by atoms with van der Waals surface area (Å²) in [5.74, 6) is -0.686. The van der Waals surface area contributed by atoms with Crippen molar-refractivity contribution in [3.05, 3.63) is 94.4 Å². The van der Waals surface area contributed by atoms with E-state index in [1.54, 1.807) is 30.6 Å². The van der Waals surface area contributed by atoms with Crippen molar-refractivity contribution < 1.29 is 18.3 Å². The predicted molar refractivity (Wildman–Crippen MR) is 104 cm³/mol. The van der Waals surface area contributed by atoms with Crippen LogP contribution in [0, 0.1) is 5.82 Å². The Balaban J connectivity index is 1.74. The van der Waals surface area contributed by atoms with E-state index in [2.05, 4.69) is 4.98 Å². The molecule has 2 aromatic heterocycles. The third-order valence-corrected chi connectivity index (χ3v) is 5.13. The molecule has 0 fully saturated rings. The van der Waals surface area contributed by atoms with Crippen molar-refractivity contribution >= 4 is 16.9 Å². The number of hydrogen-bond acceptors (Lipinski definition) is 5. The van der Waals surface area contributed by atoms with Crippen molar-refractivity contribution in [2.75, 3.05) is 0 Å². The Morgan fingerprint density at radius 1 is 1.03 bits per heavy atom. The van der Waals surface area contributed by atoms with Crippen LogP contribution >= 0.6 is 0 Å². The number of pyridine rings is 1. The van der Waals surface area contributed by atoms with Crippen LogP contribution < -0.4 is 10.2 Å². The highest BCUT2D eigenvalue weighted by atomic mass is 19.1. The van der Waals surface area contributed by atoms with Crippen LogP contribution in [0.3, 0.4) is 0 Å². The van der Waals surface area contributed by atoms with Crippen molar-refractivity contribution in [1.29, 1.82) is 0 Å². The maximum Gasteiger partial charge on any atom is 0.312 e. The van der Waals surface area contributed by atoms with Gasteiger partial charge in [0.25, 0.3) is 0 Å². The van der Waals surface area contributed by atoms with E-state index < -0.39 is 0 Å². The summed E-state index contributed by atoms with van der Waals surface area (Å²) in [5, 5.41) is 0.373. The van der Waals surface area contributed by atoms with Gasteiger partial charge in [0.2, 0.25) is 5.43 Å². The molecule has 0 bridgehead atoms. The molecule has 0 radical (unpaired) electrons. The average Bonchev–Trinajstić information content (AvgIpc) is 2.74. The second-order valence-corrected chi connectivity index (χ2v) is 6.86. The quantitative estimate of drug-likeness (QED) is 0.376. The predicted octanol–water partition coefficient (Wildman–Crippen LogP) is 4.44. The molecule has 0 aliphatic carbocycles. The molecule has 2 aromatic carbocycles. The fourth-order valence-corrected chi connectivity index (χ4v) is 3.75. The van der Waals surface area contributed by atoms with Gasteiger partial charge in [-0.2, -0.15) is 0 Å². The molecular formula is C23H14FNO4. The molecule has 0 saturated heterocycles. The lowest BCUT2D eigenvalue weighted by atomic mass is 9.86. The lowest BCUT2D eigenvalue weighted by Gasteiger charge is -2.25. The minimum Gasteiger partial charge on any atom is -0.463 e. The number of esters is 1. The number of benzene rings is 2. The number of ether oxygens (including phenoxy) is 1. The van der Waals surface area contributed by atoms with Crippen LogP contribution in [-0.2, 0) is 4.79 Å². The van der Waals surface area contributed by atoms with E-state index in [1.807, 2.05) is 6.07 Å². The molecule has 1 aliphatic rings. The number of carbonyl (C=O) groups is 1. The first-order chi connectivity index (χ1) is 14.1. The first kappa shape index (κ1) is 17.3. The van der Waals surface area contributed by atoms with E-state index in [-0.39, 0.29) is 29.6 Å². The van der Waals surface area contributed by atoms with Gasteiger partial charge in [0.05, 0.1) is 17.4 Å². The molecule has 1 aliphatic heterocycles. The van der Waals surface area contributed by atoms with Gasteiger partial charge in [-0.1, -0.05) is 18.2 Å². The van der Waals surface area contributed by atoms with E-state index in [9.17, 15) is 14.0 Å². The molecule has 1 unspecified atom stereocenters. The van der Waals surface area contributed by atoms with Crippen molar-refractivity contribution in [3.8, 4) is 16.9 Å². The molecule has 5 rings (SSSR count). The fourth-order valence-electron chi connectivity index (χ4n) is 3.75. The maximum atomic E-state index is 13.2. The molecule has 0 N–H and O–H groups in total. The summed E-state index contributed by atoms with van der Waals surface area (Å²) in [6, 6.07) is 12.5. The highest BCUT2D eigenvalue weighted by Crippen LogP contribution is 2.42. The molecule has 3 heterocycles. The highest BCUT2D eigenvalue weighted by molar-refractivity contribution is 5.90. The van der Waals surface area contributed by atoms with Crippen LogP contribution in [0.2, 0.25) is 0 Å². The molecular weight excluding hydrogens is 373 g/mol. The van der Waals surface area contributed by atoms with Gasteiger partial charge in [-0.25, -0.2) is 4.39 Å². The summed E-state index contributed by atoms with van der Waals surface area (Å²) in [6.07, 6.45) is 4.84. The van der Waals surface area contributed by atoms with Gasteiger partial charge in [-0.15, -0.1) is 0 Å². The number of hydrogen-bond donors (Lipinski definition) is 0. The van der Waals surface area contributed by atoms with Gasteiger partial charge in [0.1, 0.15) is 23.4 Å². The Bertz CT molecular complexity index is 1300. The van der Waals surface area contributed by atoms with Crippen LogP contribution in [0.1, 0.15) is 23.5 Å². The lowest BCUT2D eigenvalue weighted by molar-refractivity contribution is -0.135. The number of nitrogens with zero attached hydrogens (tertiary/aromatic N) is 1. The van der Waals surface area contributed by atoms with Crippen molar-refractivity contribution in [2.45, 2.75) is 12.3 Å². The van der Waals surface area contributed by atoms with Crippen molar-refractivity contribution in [3.63, 3.8) is 0 Å².